The zero-order chi connectivity index (χ0) is 17.3. The van der Waals surface area contributed by atoms with Crippen molar-refractivity contribution in [2.75, 3.05) is 13.1 Å². The van der Waals surface area contributed by atoms with E-state index in [1.165, 1.54) is 73.7 Å². The van der Waals surface area contributed by atoms with Crippen LogP contribution in [-0.2, 0) is 0 Å². The second-order valence-corrected chi connectivity index (χ2v) is 9.94. The molecule has 4 heterocycles. The molecule has 2 bridgehead atoms. The zero-order valence-electron chi connectivity index (χ0n) is 15.2. The van der Waals surface area contributed by atoms with Crippen molar-refractivity contribution in [2.24, 2.45) is 5.92 Å². The number of carbonyl (C=O) groups excluding carboxylic acids is 1. The Hall–Kier alpha value is -1.39. The Balaban J connectivity index is 1.29. The van der Waals surface area contributed by atoms with E-state index in [2.05, 4.69) is 34.5 Å². The molecule has 26 heavy (non-hydrogen) atoms. The van der Waals surface area contributed by atoms with Gasteiger partial charge in [-0.25, -0.2) is 0 Å². The van der Waals surface area contributed by atoms with Crippen molar-refractivity contribution in [3.8, 4) is 0 Å². The molecular formula is C22H26N2OS. The van der Waals surface area contributed by atoms with Gasteiger partial charge in [-0.05, 0) is 80.5 Å². The van der Waals surface area contributed by atoms with Gasteiger partial charge in [0, 0.05) is 10.2 Å². The standard InChI is InChI=1S/C22H26N2OS/c25-21(23-20-15-7-11-24(12-8-15)22(20)9-10-22)18-13-16-5-2-6-17(19(16)26-18)14-3-1-4-14/h2,5-6,13-15,20H,1,3-4,7-12H2,(H,23,25)/t20-/m1/s1. The summed E-state index contributed by atoms with van der Waals surface area (Å²) in [6, 6.07) is 9.10. The SMILES string of the molecule is O=C(N[C@@H]1C2CCN(CC2)C12CC2)c1cc2cccc(C3CCC3)c2s1. The van der Waals surface area contributed by atoms with Crippen molar-refractivity contribution >= 4 is 27.3 Å². The minimum atomic E-state index is 0.163. The van der Waals surface area contributed by atoms with E-state index in [0.29, 0.717) is 23.4 Å². The highest BCUT2D eigenvalue weighted by atomic mass is 32.1. The summed E-state index contributed by atoms with van der Waals surface area (Å²) >= 11 is 1.71. The van der Waals surface area contributed by atoms with Crippen LogP contribution in [-0.4, -0.2) is 35.5 Å². The average molecular weight is 367 g/mol. The number of carbonyl (C=O) groups is 1. The van der Waals surface area contributed by atoms with Crippen molar-refractivity contribution < 1.29 is 4.79 Å². The highest BCUT2D eigenvalue weighted by Gasteiger charge is 2.60. The largest absolute Gasteiger partial charge is 0.346 e. The molecule has 1 amide bonds. The predicted octanol–water partition coefficient (Wildman–Crippen LogP) is 4.53. The molecule has 1 N–H and O–H groups in total. The first-order chi connectivity index (χ1) is 12.7. The minimum Gasteiger partial charge on any atom is -0.346 e. The van der Waals surface area contributed by atoms with E-state index in [-0.39, 0.29) is 5.91 Å². The molecule has 7 rings (SSSR count). The first-order valence-corrected chi connectivity index (χ1v) is 11.1. The number of benzene rings is 1. The van der Waals surface area contributed by atoms with E-state index in [9.17, 15) is 4.79 Å². The quantitative estimate of drug-likeness (QED) is 0.866. The highest BCUT2D eigenvalue weighted by Crippen LogP contribution is 2.53. The highest BCUT2D eigenvalue weighted by molar-refractivity contribution is 7.21. The van der Waals surface area contributed by atoms with Crippen molar-refractivity contribution in [3.05, 3.63) is 34.7 Å². The summed E-state index contributed by atoms with van der Waals surface area (Å²) in [5, 5.41) is 4.74. The zero-order valence-corrected chi connectivity index (χ0v) is 16.0. The molecule has 5 fully saturated rings. The van der Waals surface area contributed by atoms with Crippen LogP contribution in [0.1, 0.15) is 66.1 Å². The van der Waals surface area contributed by atoms with Crippen LogP contribution in [0.2, 0.25) is 0 Å². The van der Waals surface area contributed by atoms with Gasteiger partial charge in [0.2, 0.25) is 0 Å². The molecule has 2 aromatic rings. The number of nitrogens with one attached hydrogen (secondary N) is 1. The number of rotatable bonds is 3. The summed E-state index contributed by atoms with van der Waals surface area (Å²) in [5.74, 6) is 1.56. The number of thiophene rings is 1. The van der Waals surface area contributed by atoms with E-state index in [4.69, 9.17) is 0 Å². The topological polar surface area (TPSA) is 32.3 Å². The van der Waals surface area contributed by atoms with Crippen molar-refractivity contribution in [1.29, 1.82) is 0 Å². The molecule has 136 valence electrons. The fraction of sp³-hybridized carbons (Fsp3) is 0.591. The maximum absolute atomic E-state index is 13.1. The van der Waals surface area contributed by atoms with E-state index < -0.39 is 0 Å². The van der Waals surface area contributed by atoms with Gasteiger partial charge in [0.15, 0.2) is 0 Å². The number of fused-ring (bicyclic) bond motifs is 3. The van der Waals surface area contributed by atoms with Gasteiger partial charge in [-0.15, -0.1) is 11.3 Å². The van der Waals surface area contributed by atoms with E-state index in [1.807, 2.05) is 0 Å². The van der Waals surface area contributed by atoms with Crippen LogP contribution in [0.15, 0.2) is 24.3 Å². The fourth-order valence-corrected chi connectivity index (χ4v) is 6.93. The van der Waals surface area contributed by atoms with Gasteiger partial charge in [0.1, 0.15) is 0 Å². The Morgan fingerprint density at radius 3 is 2.65 bits per heavy atom. The Morgan fingerprint density at radius 1 is 1.15 bits per heavy atom. The van der Waals surface area contributed by atoms with Crippen LogP contribution in [0.25, 0.3) is 10.1 Å². The summed E-state index contributed by atoms with van der Waals surface area (Å²) in [5.41, 5.74) is 1.78. The normalized spacial score (nSPS) is 31.9. The summed E-state index contributed by atoms with van der Waals surface area (Å²) in [6.45, 7) is 2.48. The second-order valence-electron chi connectivity index (χ2n) is 8.88. The molecule has 2 saturated carbocycles. The molecule has 1 spiro atoms. The molecule has 1 aromatic carbocycles. The lowest BCUT2D eigenvalue weighted by Gasteiger charge is -2.52. The lowest BCUT2D eigenvalue weighted by Crippen LogP contribution is -2.65. The Kier molecular flexibility index (Phi) is 3.34. The molecule has 3 aliphatic heterocycles. The van der Waals surface area contributed by atoms with Gasteiger partial charge in [-0.3, -0.25) is 9.69 Å². The lowest BCUT2D eigenvalue weighted by atomic mass is 9.77. The number of piperidine rings is 3. The van der Waals surface area contributed by atoms with Gasteiger partial charge in [-0.2, -0.15) is 0 Å². The van der Waals surface area contributed by atoms with Crippen molar-refractivity contribution in [1.82, 2.24) is 10.2 Å². The molecule has 4 heteroatoms. The number of nitrogens with zero attached hydrogens (tertiary/aromatic N) is 1. The number of hydrogen-bond acceptors (Lipinski definition) is 3. The Bertz CT molecular complexity index is 871. The average Bonchev–Trinajstić information content (AvgIpc) is 3.26. The molecule has 1 atom stereocenters. The summed E-state index contributed by atoms with van der Waals surface area (Å²) in [7, 11) is 0. The molecule has 0 radical (unpaired) electrons. The molecule has 1 aromatic heterocycles. The molecule has 3 saturated heterocycles. The smallest absolute Gasteiger partial charge is 0.261 e. The van der Waals surface area contributed by atoms with Crippen LogP contribution in [0.5, 0.6) is 0 Å². The van der Waals surface area contributed by atoms with Gasteiger partial charge >= 0.3 is 0 Å². The predicted molar refractivity (Wildman–Crippen MR) is 106 cm³/mol. The Morgan fingerprint density at radius 2 is 1.96 bits per heavy atom. The maximum atomic E-state index is 13.1. The van der Waals surface area contributed by atoms with Crippen LogP contribution in [0.3, 0.4) is 0 Å². The molecular weight excluding hydrogens is 340 g/mol. The van der Waals surface area contributed by atoms with Gasteiger partial charge < -0.3 is 5.32 Å². The van der Waals surface area contributed by atoms with Crippen molar-refractivity contribution in [2.45, 2.75) is 62.4 Å². The van der Waals surface area contributed by atoms with Crippen molar-refractivity contribution in [3.63, 3.8) is 0 Å². The first-order valence-electron chi connectivity index (χ1n) is 10.3. The molecule has 0 unspecified atom stereocenters. The maximum Gasteiger partial charge on any atom is 0.261 e. The van der Waals surface area contributed by atoms with E-state index >= 15 is 0 Å². The molecule has 3 nitrogen and oxygen atoms in total. The van der Waals surface area contributed by atoms with E-state index in [1.54, 1.807) is 11.3 Å². The summed E-state index contributed by atoms with van der Waals surface area (Å²) in [6.07, 6.45) is 9.01. The van der Waals surface area contributed by atoms with Crippen LogP contribution in [0, 0.1) is 5.92 Å². The van der Waals surface area contributed by atoms with Gasteiger partial charge in [0.25, 0.3) is 5.91 Å². The van der Waals surface area contributed by atoms with Crippen LogP contribution in [0.4, 0.5) is 0 Å². The molecule has 5 aliphatic rings. The van der Waals surface area contributed by atoms with Crippen LogP contribution < -0.4 is 5.32 Å². The summed E-state index contributed by atoms with van der Waals surface area (Å²) in [4.78, 5) is 16.7. The Labute approximate surface area is 158 Å². The third-order valence-electron chi connectivity index (χ3n) is 7.61. The van der Waals surface area contributed by atoms with E-state index in [0.717, 1.165) is 4.88 Å². The monoisotopic (exact) mass is 366 g/mol. The lowest BCUT2D eigenvalue weighted by molar-refractivity contribution is -0.00138. The second kappa shape index (κ2) is 5.56. The van der Waals surface area contributed by atoms with Crippen LogP contribution >= 0.6 is 11.3 Å². The minimum absolute atomic E-state index is 0.163. The van der Waals surface area contributed by atoms with Gasteiger partial charge in [-0.1, -0.05) is 24.6 Å². The fourth-order valence-electron chi connectivity index (χ4n) is 5.77. The first kappa shape index (κ1) is 15.6. The van der Waals surface area contributed by atoms with Gasteiger partial charge in [0.05, 0.1) is 10.9 Å². The third-order valence-corrected chi connectivity index (χ3v) is 8.81. The molecule has 2 aliphatic carbocycles. The number of amides is 1. The number of hydrogen-bond donors (Lipinski definition) is 1. The summed E-state index contributed by atoms with van der Waals surface area (Å²) < 4.78 is 1.34. The third kappa shape index (κ3) is 2.18.